The fourth-order valence-corrected chi connectivity index (χ4v) is 2.48. The maximum atomic E-state index is 14.2. The summed E-state index contributed by atoms with van der Waals surface area (Å²) in [7, 11) is 0. The highest BCUT2D eigenvalue weighted by molar-refractivity contribution is 6.30. The van der Waals surface area contributed by atoms with Gasteiger partial charge in [-0.15, -0.1) is 0 Å². The number of hydrogen-bond donors (Lipinski definition) is 1. The predicted molar refractivity (Wildman–Crippen MR) is 102 cm³/mol. The molecular formula is C20H26ClFN2O. The van der Waals surface area contributed by atoms with Gasteiger partial charge < -0.3 is 10.1 Å². The summed E-state index contributed by atoms with van der Waals surface area (Å²) >= 11 is 6.14. The Bertz CT molecular complexity index is 719. The monoisotopic (exact) mass is 364 g/mol. The van der Waals surface area contributed by atoms with Crippen molar-refractivity contribution in [2.24, 2.45) is 5.92 Å². The number of aromatic nitrogens is 1. The van der Waals surface area contributed by atoms with E-state index in [1.54, 1.807) is 18.2 Å². The summed E-state index contributed by atoms with van der Waals surface area (Å²) in [5.74, 6) is 0.832. The van der Waals surface area contributed by atoms with E-state index in [0.717, 1.165) is 5.56 Å². The predicted octanol–water partition coefficient (Wildman–Crippen LogP) is 5.46. The minimum absolute atomic E-state index is 0.0217. The second kappa shape index (κ2) is 8.63. The highest BCUT2D eigenvalue weighted by atomic mass is 35.5. The van der Waals surface area contributed by atoms with Crippen molar-refractivity contribution in [1.82, 2.24) is 10.3 Å². The van der Waals surface area contributed by atoms with Crippen molar-refractivity contribution >= 4 is 11.6 Å². The van der Waals surface area contributed by atoms with Crippen LogP contribution in [0.15, 0.2) is 30.3 Å². The Kier molecular flexibility index (Phi) is 6.79. The first kappa shape index (κ1) is 19.7. The SMILES string of the molecule is CC(C)Oc1ccc(Cl)cc1-c1ccc(F)c(CN[C@H](C)C(C)C)n1. The maximum absolute atomic E-state index is 14.2. The van der Waals surface area contributed by atoms with Gasteiger partial charge in [0.2, 0.25) is 0 Å². The Balaban J connectivity index is 2.34. The topological polar surface area (TPSA) is 34.1 Å². The summed E-state index contributed by atoms with van der Waals surface area (Å²) in [4.78, 5) is 4.51. The minimum atomic E-state index is -0.319. The molecule has 136 valence electrons. The van der Waals surface area contributed by atoms with Gasteiger partial charge in [-0.3, -0.25) is 0 Å². The Morgan fingerprint density at radius 2 is 1.84 bits per heavy atom. The van der Waals surface area contributed by atoms with Gasteiger partial charge in [-0.1, -0.05) is 25.4 Å². The average Bonchev–Trinajstić information content (AvgIpc) is 2.55. The normalized spacial score (nSPS) is 12.7. The van der Waals surface area contributed by atoms with Crippen LogP contribution < -0.4 is 10.1 Å². The van der Waals surface area contributed by atoms with E-state index in [1.807, 2.05) is 19.9 Å². The lowest BCUT2D eigenvalue weighted by Crippen LogP contribution is -2.30. The standard InChI is InChI=1S/C20H26ClFN2O/c1-12(2)14(5)23-11-19-17(22)7-8-18(24-19)16-10-15(21)6-9-20(16)25-13(3)4/h6-10,12-14,23H,11H2,1-5H3/t14-/m1/s1. The Morgan fingerprint density at radius 3 is 2.48 bits per heavy atom. The molecule has 25 heavy (non-hydrogen) atoms. The molecule has 2 aromatic rings. The number of pyridine rings is 1. The lowest BCUT2D eigenvalue weighted by atomic mass is 10.1. The largest absolute Gasteiger partial charge is 0.490 e. The van der Waals surface area contributed by atoms with Crippen molar-refractivity contribution in [3.8, 4) is 17.0 Å². The van der Waals surface area contributed by atoms with Crippen molar-refractivity contribution in [3.05, 3.63) is 46.9 Å². The molecule has 1 heterocycles. The van der Waals surface area contributed by atoms with Crippen molar-refractivity contribution in [1.29, 1.82) is 0 Å². The first-order chi connectivity index (χ1) is 11.8. The number of halogens is 2. The van der Waals surface area contributed by atoms with Crippen molar-refractivity contribution in [2.45, 2.75) is 53.3 Å². The summed E-state index contributed by atoms with van der Waals surface area (Å²) < 4.78 is 20.0. The van der Waals surface area contributed by atoms with Crippen LogP contribution in [-0.2, 0) is 6.54 Å². The quantitative estimate of drug-likeness (QED) is 0.708. The van der Waals surface area contributed by atoms with Crippen LogP contribution in [0.4, 0.5) is 4.39 Å². The summed E-state index contributed by atoms with van der Waals surface area (Å²) in [6.45, 7) is 10.6. The molecule has 1 aromatic heterocycles. The molecule has 0 aliphatic rings. The minimum Gasteiger partial charge on any atom is -0.490 e. The van der Waals surface area contributed by atoms with E-state index < -0.39 is 0 Å². The molecular weight excluding hydrogens is 339 g/mol. The first-order valence-electron chi connectivity index (χ1n) is 8.63. The third kappa shape index (κ3) is 5.41. The van der Waals surface area contributed by atoms with E-state index in [9.17, 15) is 4.39 Å². The second-order valence-electron chi connectivity index (χ2n) is 6.85. The molecule has 0 aliphatic carbocycles. The molecule has 3 nitrogen and oxygen atoms in total. The molecule has 0 bridgehead atoms. The lowest BCUT2D eigenvalue weighted by molar-refractivity contribution is 0.243. The summed E-state index contributed by atoms with van der Waals surface area (Å²) in [5.41, 5.74) is 1.80. The van der Waals surface area contributed by atoms with Crippen molar-refractivity contribution in [2.75, 3.05) is 0 Å². The molecule has 0 radical (unpaired) electrons. The summed E-state index contributed by atoms with van der Waals surface area (Å²) in [5, 5.41) is 3.90. The van der Waals surface area contributed by atoms with Gasteiger partial charge in [-0.05, 0) is 57.0 Å². The van der Waals surface area contributed by atoms with Crippen LogP contribution >= 0.6 is 11.6 Å². The van der Waals surface area contributed by atoms with Gasteiger partial charge in [0.05, 0.1) is 17.5 Å². The van der Waals surface area contributed by atoms with Crippen LogP contribution in [0.1, 0.15) is 40.3 Å². The van der Waals surface area contributed by atoms with E-state index in [4.69, 9.17) is 16.3 Å². The Labute approximate surface area is 154 Å². The van der Waals surface area contributed by atoms with Crippen LogP contribution in [0.5, 0.6) is 5.75 Å². The van der Waals surface area contributed by atoms with E-state index >= 15 is 0 Å². The van der Waals surface area contributed by atoms with Gasteiger partial charge >= 0.3 is 0 Å². The van der Waals surface area contributed by atoms with Crippen molar-refractivity contribution in [3.63, 3.8) is 0 Å². The van der Waals surface area contributed by atoms with Crippen LogP contribution in [0, 0.1) is 11.7 Å². The zero-order valence-electron chi connectivity index (χ0n) is 15.4. The summed E-state index contributed by atoms with van der Waals surface area (Å²) in [6, 6.07) is 8.77. The van der Waals surface area contributed by atoms with Crippen LogP contribution in [-0.4, -0.2) is 17.1 Å². The third-order valence-corrected chi connectivity index (χ3v) is 4.33. The molecule has 2 rings (SSSR count). The zero-order valence-corrected chi connectivity index (χ0v) is 16.2. The van der Waals surface area contributed by atoms with Gasteiger partial charge in [0.15, 0.2) is 0 Å². The summed E-state index contributed by atoms with van der Waals surface area (Å²) in [6.07, 6.45) is 0.0217. The highest BCUT2D eigenvalue weighted by Crippen LogP contribution is 2.32. The second-order valence-corrected chi connectivity index (χ2v) is 7.28. The fraction of sp³-hybridized carbons (Fsp3) is 0.450. The van der Waals surface area contributed by atoms with Gasteiger partial charge in [-0.2, -0.15) is 0 Å². The van der Waals surface area contributed by atoms with E-state index in [0.29, 0.717) is 34.6 Å². The van der Waals surface area contributed by atoms with Gasteiger partial charge in [0, 0.05) is 23.2 Å². The van der Waals surface area contributed by atoms with Crippen LogP contribution in [0.25, 0.3) is 11.3 Å². The molecule has 1 atom stereocenters. The number of rotatable bonds is 7. The third-order valence-electron chi connectivity index (χ3n) is 4.09. The number of nitrogens with zero attached hydrogens (tertiary/aromatic N) is 1. The van der Waals surface area contributed by atoms with Gasteiger partial charge in [-0.25, -0.2) is 9.37 Å². The number of benzene rings is 1. The smallest absolute Gasteiger partial charge is 0.146 e. The molecule has 0 aliphatic heterocycles. The van der Waals surface area contributed by atoms with Crippen LogP contribution in [0.2, 0.25) is 5.02 Å². The molecule has 0 unspecified atom stereocenters. The molecule has 0 spiro atoms. The lowest BCUT2D eigenvalue weighted by Gasteiger charge is -2.18. The van der Waals surface area contributed by atoms with Crippen molar-refractivity contribution < 1.29 is 9.13 Å². The average molecular weight is 365 g/mol. The molecule has 1 aromatic carbocycles. The number of ether oxygens (including phenoxy) is 1. The van der Waals surface area contributed by atoms with E-state index in [1.165, 1.54) is 6.07 Å². The Morgan fingerprint density at radius 1 is 1.12 bits per heavy atom. The zero-order chi connectivity index (χ0) is 18.6. The first-order valence-corrected chi connectivity index (χ1v) is 9.01. The number of nitrogens with one attached hydrogen (secondary N) is 1. The molecule has 5 heteroatoms. The molecule has 0 saturated carbocycles. The fourth-order valence-electron chi connectivity index (χ4n) is 2.31. The maximum Gasteiger partial charge on any atom is 0.146 e. The Hall–Kier alpha value is -1.65. The van der Waals surface area contributed by atoms with Gasteiger partial charge in [0.25, 0.3) is 0 Å². The molecule has 1 N–H and O–H groups in total. The van der Waals surface area contributed by atoms with E-state index in [-0.39, 0.29) is 18.0 Å². The molecule has 0 fully saturated rings. The molecule has 0 saturated heterocycles. The van der Waals surface area contributed by atoms with Gasteiger partial charge in [0.1, 0.15) is 11.6 Å². The molecule has 0 amide bonds. The van der Waals surface area contributed by atoms with E-state index in [2.05, 4.69) is 31.1 Å². The van der Waals surface area contributed by atoms with Crippen LogP contribution in [0.3, 0.4) is 0 Å². The highest BCUT2D eigenvalue weighted by Gasteiger charge is 2.14. The number of hydrogen-bond acceptors (Lipinski definition) is 3.